The highest BCUT2D eigenvalue weighted by Crippen LogP contribution is 2.33. The van der Waals surface area contributed by atoms with E-state index in [4.69, 9.17) is 16.3 Å². The molecule has 0 aliphatic carbocycles. The Bertz CT molecular complexity index is 780. The molecular weight excluding hydrogens is 284 g/mol. The van der Waals surface area contributed by atoms with Crippen LogP contribution in [0.4, 0.5) is 0 Å². The van der Waals surface area contributed by atoms with Crippen LogP contribution < -0.4 is 10.1 Å². The van der Waals surface area contributed by atoms with E-state index in [9.17, 15) is 0 Å². The molecule has 0 bridgehead atoms. The van der Waals surface area contributed by atoms with Crippen LogP contribution in [0.3, 0.4) is 0 Å². The number of hydrogen-bond acceptors (Lipinski definition) is 2. The van der Waals surface area contributed by atoms with Gasteiger partial charge < -0.3 is 14.6 Å². The second-order valence-electron chi connectivity index (χ2n) is 5.00. The largest absolute Gasteiger partial charge is 0.456 e. The molecule has 0 saturated heterocycles. The molecule has 108 valence electrons. The number of hydrogen-bond donors (Lipinski definition) is 1. The maximum atomic E-state index is 6.13. The molecule has 3 aromatic rings. The standard InChI is InChI=1S/C17H17ClN2O/c1-19-11-12-6-7-13(18)10-17(12)21-16-5-3-4-15-14(16)8-9-20(15)2/h3-10,19H,11H2,1-2H3. The number of rotatable bonds is 4. The highest BCUT2D eigenvalue weighted by Gasteiger charge is 2.09. The minimum absolute atomic E-state index is 0.671. The molecule has 21 heavy (non-hydrogen) atoms. The molecule has 0 aliphatic heterocycles. The average Bonchev–Trinajstić information content (AvgIpc) is 2.85. The van der Waals surface area contributed by atoms with Gasteiger partial charge in [0.15, 0.2) is 0 Å². The van der Waals surface area contributed by atoms with Crippen molar-refractivity contribution in [2.24, 2.45) is 7.05 Å². The number of aryl methyl sites for hydroxylation is 1. The fraction of sp³-hybridized carbons (Fsp3) is 0.176. The van der Waals surface area contributed by atoms with Crippen LogP contribution in [-0.2, 0) is 13.6 Å². The molecule has 4 heteroatoms. The molecule has 1 aromatic heterocycles. The summed E-state index contributed by atoms with van der Waals surface area (Å²) < 4.78 is 8.21. The van der Waals surface area contributed by atoms with Crippen LogP contribution in [0.2, 0.25) is 5.02 Å². The average molecular weight is 301 g/mol. The molecule has 3 nitrogen and oxygen atoms in total. The van der Waals surface area contributed by atoms with Gasteiger partial charge in [-0.15, -0.1) is 0 Å². The monoisotopic (exact) mass is 300 g/mol. The molecule has 0 spiro atoms. The summed E-state index contributed by atoms with van der Waals surface area (Å²) in [4.78, 5) is 0. The third kappa shape index (κ3) is 2.75. The first-order chi connectivity index (χ1) is 10.2. The van der Waals surface area contributed by atoms with E-state index in [0.29, 0.717) is 5.02 Å². The molecule has 0 fully saturated rings. The van der Waals surface area contributed by atoms with E-state index in [1.54, 1.807) is 0 Å². The highest BCUT2D eigenvalue weighted by molar-refractivity contribution is 6.30. The van der Waals surface area contributed by atoms with Crippen molar-refractivity contribution < 1.29 is 4.74 Å². The zero-order chi connectivity index (χ0) is 14.8. The number of aromatic nitrogens is 1. The van der Waals surface area contributed by atoms with E-state index in [0.717, 1.165) is 34.5 Å². The van der Waals surface area contributed by atoms with E-state index < -0.39 is 0 Å². The number of ether oxygens (including phenoxy) is 1. The van der Waals surface area contributed by atoms with Crippen LogP contribution in [0.25, 0.3) is 10.9 Å². The van der Waals surface area contributed by atoms with Crippen LogP contribution in [0.15, 0.2) is 48.7 Å². The van der Waals surface area contributed by atoms with Gasteiger partial charge in [0.1, 0.15) is 11.5 Å². The summed E-state index contributed by atoms with van der Waals surface area (Å²) in [5.41, 5.74) is 2.22. The van der Waals surface area contributed by atoms with Gasteiger partial charge in [-0.1, -0.05) is 23.7 Å². The van der Waals surface area contributed by atoms with Crippen LogP contribution in [-0.4, -0.2) is 11.6 Å². The third-order valence-corrected chi connectivity index (χ3v) is 3.74. The minimum Gasteiger partial charge on any atom is -0.456 e. The summed E-state index contributed by atoms with van der Waals surface area (Å²) in [5, 5.41) is 4.91. The number of fused-ring (bicyclic) bond motifs is 1. The highest BCUT2D eigenvalue weighted by atomic mass is 35.5. The Kier molecular flexibility index (Phi) is 3.86. The Morgan fingerprint density at radius 1 is 1.14 bits per heavy atom. The van der Waals surface area contributed by atoms with Crippen molar-refractivity contribution in [2.45, 2.75) is 6.54 Å². The molecule has 3 rings (SSSR count). The Morgan fingerprint density at radius 2 is 2.00 bits per heavy atom. The number of halogens is 1. The molecule has 0 aliphatic rings. The van der Waals surface area contributed by atoms with Gasteiger partial charge in [-0.2, -0.15) is 0 Å². The van der Waals surface area contributed by atoms with Crippen LogP contribution in [0.5, 0.6) is 11.5 Å². The van der Waals surface area contributed by atoms with Crippen LogP contribution >= 0.6 is 11.6 Å². The topological polar surface area (TPSA) is 26.2 Å². The molecule has 0 unspecified atom stereocenters. The second-order valence-corrected chi connectivity index (χ2v) is 5.44. The Hall–Kier alpha value is -1.97. The molecule has 1 heterocycles. The van der Waals surface area contributed by atoms with Crippen molar-refractivity contribution >= 4 is 22.5 Å². The first-order valence-electron chi connectivity index (χ1n) is 6.84. The second kappa shape index (κ2) is 5.80. The van der Waals surface area contributed by atoms with Crippen LogP contribution in [0.1, 0.15) is 5.56 Å². The SMILES string of the molecule is CNCc1ccc(Cl)cc1Oc1cccc2c1ccn2C. The molecule has 0 radical (unpaired) electrons. The van der Waals surface area contributed by atoms with E-state index >= 15 is 0 Å². The normalized spacial score (nSPS) is 11.0. The lowest BCUT2D eigenvalue weighted by atomic mass is 10.2. The fourth-order valence-electron chi connectivity index (χ4n) is 2.44. The summed E-state index contributed by atoms with van der Waals surface area (Å²) in [6.07, 6.45) is 2.03. The molecule has 0 atom stereocenters. The zero-order valence-corrected chi connectivity index (χ0v) is 12.8. The van der Waals surface area contributed by atoms with Gasteiger partial charge in [0.25, 0.3) is 0 Å². The summed E-state index contributed by atoms with van der Waals surface area (Å²) in [6.45, 7) is 0.733. The van der Waals surface area contributed by atoms with Crippen molar-refractivity contribution in [3.63, 3.8) is 0 Å². The maximum absolute atomic E-state index is 6.13. The van der Waals surface area contributed by atoms with Gasteiger partial charge in [0, 0.05) is 35.8 Å². The predicted octanol–water partition coefficient (Wildman–Crippen LogP) is 4.34. The van der Waals surface area contributed by atoms with Crippen LogP contribution in [0, 0.1) is 0 Å². The van der Waals surface area contributed by atoms with Gasteiger partial charge in [-0.25, -0.2) is 0 Å². The Labute approximate surface area is 129 Å². The van der Waals surface area contributed by atoms with Crippen molar-refractivity contribution in [1.29, 1.82) is 0 Å². The minimum atomic E-state index is 0.671. The van der Waals surface area contributed by atoms with Gasteiger partial charge in [-0.05, 0) is 37.4 Å². The number of nitrogens with zero attached hydrogens (tertiary/aromatic N) is 1. The smallest absolute Gasteiger partial charge is 0.136 e. The Balaban J connectivity index is 2.04. The van der Waals surface area contributed by atoms with Crippen molar-refractivity contribution in [3.05, 3.63) is 59.2 Å². The number of nitrogens with one attached hydrogen (secondary N) is 1. The summed E-state index contributed by atoms with van der Waals surface area (Å²) in [6, 6.07) is 13.8. The fourth-order valence-corrected chi connectivity index (χ4v) is 2.60. The van der Waals surface area contributed by atoms with Gasteiger partial charge in [0.2, 0.25) is 0 Å². The summed E-state index contributed by atoms with van der Waals surface area (Å²) in [5.74, 6) is 1.63. The lowest BCUT2D eigenvalue weighted by molar-refractivity contribution is 0.480. The quantitative estimate of drug-likeness (QED) is 0.775. The maximum Gasteiger partial charge on any atom is 0.136 e. The molecule has 0 saturated carbocycles. The van der Waals surface area contributed by atoms with Crippen molar-refractivity contribution in [1.82, 2.24) is 9.88 Å². The third-order valence-electron chi connectivity index (χ3n) is 3.50. The Morgan fingerprint density at radius 3 is 2.81 bits per heavy atom. The van der Waals surface area contributed by atoms with E-state index in [-0.39, 0.29) is 0 Å². The molecule has 0 amide bonds. The summed E-state index contributed by atoms with van der Waals surface area (Å²) in [7, 11) is 3.94. The van der Waals surface area contributed by atoms with E-state index in [2.05, 4.69) is 22.0 Å². The van der Waals surface area contributed by atoms with Gasteiger partial charge in [-0.3, -0.25) is 0 Å². The van der Waals surface area contributed by atoms with Crippen molar-refractivity contribution in [2.75, 3.05) is 7.05 Å². The molecule has 2 aromatic carbocycles. The first-order valence-corrected chi connectivity index (χ1v) is 7.22. The van der Waals surface area contributed by atoms with Crippen molar-refractivity contribution in [3.8, 4) is 11.5 Å². The van der Waals surface area contributed by atoms with Gasteiger partial charge >= 0.3 is 0 Å². The molecule has 1 N–H and O–H groups in total. The first kappa shape index (κ1) is 14.0. The summed E-state index contributed by atoms with van der Waals surface area (Å²) >= 11 is 6.10. The number of benzene rings is 2. The van der Waals surface area contributed by atoms with Gasteiger partial charge in [0.05, 0.1) is 5.52 Å². The lowest BCUT2D eigenvalue weighted by Gasteiger charge is -2.12. The predicted molar refractivity (Wildman–Crippen MR) is 87.2 cm³/mol. The molecular formula is C17H17ClN2O. The zero-order valence-electron chi connectivity index (χ0n) is 12.1. The lowest BCUT2D eigenvalue weighted by Crippen LogP contribution is -2.06. The van der Waals surface area contributed by atoms with E-state index in [1.807, 2.05) is 50.6 Å². The van der Waals surface area contributed by atoms with E-state index in [1.165, 1.54) is 0 Å².